The molecule has 168 valence electrons. The predicted octanol–water partition coefficient (Wildman–Crippen LogP) is 3.55. The van der Waals surface area contributed by atoms with E-state index >= 15 is 0 Å². The van der Waals surface area contributed by atoms with Crippen LogP contribution in [0, 0.1) is 5.82 Å². The molecule has 1 unspecified atom stereocenters. The second-order valence-corrected chi connectivity index (χ2v) is 10.3. The summed E-state index contributed by atoms with van der Waals surface area (Å²) in [6, 6.07) is 19.5. The molecule has 1 saturated heterocycles. The molecule has 33 heavy (non-hydrogen) atoms. The number of para-hydroxylation sites is 1. The number of fused-ring (bicyclic) bond motifs is 2. The van der Waals surface area contributed by atoms with Gasteiger partial charge in [0.05, 0.1) is 12.2 Å². The number of hydrogen-bond acceptors (Lipinski definition) is 4. The Kier molecular flexibility index (Phi) is 4.86. The highest BCUT2D eigenvalue weighted by Crippen LogP contribution is 2.52. The van der Waals surface area contributed by atoms with E-state index in [-0.39, 0.29) is 17.7 Å². The summed E-state index contributed by atoms with van der Waals surface area (Å²) in [6.45, 7) is 1.83. The first kappa shape index (κ1) is 21.3. The highest BCUT2D eigenvalue weighted by molar-refractivity contribution is 7.94. The Morgan fingerprint density at radius 1 is 0.939 bits per heavy atom. The van der Waals surface area contributed by atoms with Gasteiger partial charge in [-0.1, -0.05) is 55.5 Å². The van der Waals surface area contributed by atoms with Crippen LogP contribution in [-0.2, 0) is 37.3 Å². The van der Waals surface area contributed by atoms with Crippen LogP contribution in [0.2, 0.25) is 0 Å². The van der Waals surface area contributed by atoms with E-state index < -0.39 is 38.1 Å². The third-order valence-corrected chi connectivity index (χ3v) is 8.42. The standard InChI is InChI=1S/C25H21FN2O4S/c1-2-17-11-13-19(14-12-17)28-23(29)16-33(31,32)25(28)20-8-4-6-10-22(20)27(24(25)30)15-18-7-3-5-9-21(18)26/h3-14H,2,15-16H2,1H3. The topological polar surface area (TPSA) is 74.8 Å². The molecule has 1 atom stereocenters. The van der Waals surface area contributed by atoms with Crippen LogP contribution in [0.4, 0.5) is 15.8 Å². The third-order valence-electron chi connectivity index (χ3n) is 6.31. The number of anilines is 2. The first-order chi connectivity index (χ1) is 15.8. The predicted molar refractivity (Wildman–Crippen MR) is 123 cm³/mol. The van der Waals surface area contributed by atoms with Gasteiger partial charge in [-0.2, -0.15) is 0 Å². The molecule has 3 aromatic rings. The van der Waals surface area contributed by atoms with Crippen molar-refractivity contribution in [3.63, 3.8) is 0 Å². The molecule has 0 aromatic heterocycles. The van der Waals surface area contributed by atoms with Crippen molar-refractivity contribution in [1.29, 1.82) is 0 Å². The minimum absolute atomic E-state index is 0.156. The van der Waals surface area contributed by atoms with Crippen molar-refractivity contribution in [3.05, 3.63) is 95.3 Å². The largest absolute Gasteiger partial charge is 0.304 e. The Bertz CT molecular complexity index is 1390. The van der Waals surface area contributed by atoms with Gasteiger partial charge in [-0.25, -0.2) is 12.8 Å². The van der Waals surface area contributed by atoms with Crippen molar-refractivity contribution in [2.24, 2.45) is 0 Å². The zero-order valence-corrected chi connectivity index (χ0v) is 18.7. The van der Waals surface area contributed by atoms with Crippen LogP contribution in [0.15, 0.2) is 72.8 Å². The fourth-order valence-electron chi connectivity index (χ4n) is 4.73. The van der Waals surface area contributed by atoms with Gasteiger partial charge in [-0.3, -0.25) is 14.5 Å². The zero-order valence-electron chi connectivity index (χ0n) is 17.9. The maximum atomic E-state index is 14.4. The molecule has 0 N–H and O–H groups in total. The minimum atomic E-state index is -4.26. The number of carbonyl (C=O) groups excluding carboxylic acids is 2. The Hall–Kier alpha value is -3.52. The van der Waals surface area contributed by atoms with Gasteiger partial charge in [-0.15, -0.1) is 0 Å². The monoisotopic (exact) mass is 464 g/mol. The first-order valence-electron chi connectivity index (χ1n) is 10.6. The second kappa shape index (κ2) is 7.52. The molecule has 2 heterocycles. The summed E-state index contributed by atoms with van der Waals surface area (Å²) in [5.74, 6) is -2.73. The maximum absolute atomic E-state index is 14.4. The van der Waals surface area contributed by atoms with E-state index in [0.29, 0.717) is 11.4 Å². The summed E-state index contributed by atoms with van der Waals surface area (Å²) in [5, 5.41) is 0. The average Bonchev–Trinajstić information content (AvgIpc) is 3.18. The number of halogens is 1. The number of aryl methyl sites for hydroxylation is 1. The Morgan fingerprint density at radius 3 is 2.30 bits per heavy atom. The second-order valence-electron chi connectivity index (χ2n) is 8.15. The third kappa shape index (κ3) is 2.94. The Labute approximate surface area is 191 Å². The average molecular weight is 465 g/mol. The van der Waals surface area contributed by atoms with Crippen molar-refractivity contribution in [2.75, 3.05) is 15.6 Å². The molecule has 0 radical (unpaired) electrons. The summed E-state index contributed by atoms with van der Waals surface area (Å²) >= 11 is 0. The summed E-state index contributed by atoms with van der Waals surface area (Å²) in [7, 11) is -4.26. The van der Waals surface area contributed by atoms with Gasteiger partial charge in [-0.05, 0) is 36.2 Å². The SMILES string of the molecule is CCc1ccc(N2C(=O)CS(=O)(=O)C23C(=O)N(Cc2ccccc2F)c2ccccc23)cc1. The van der Waals surface area contributed by atoms with Crippen molar-refractivity contribution in [2.45, 2.75) is 24.8 Å². The lowest BCUT2D eigenvalue weighted by Gasteiger charge is -2.32. The van der Waals surface area contributed by atoms with Crippen molar-refractivity contribution >= 4 is 33.0 Å². The van der Waals surface area contributed by atoms with Crippen molar-refractivity contribution < 1.29 is 22.4 Å². The highest BCUT2D eigenvalue weighted by atomic mass is 32.2. The summed E-state index contributed by atoms with van der Waals surface area (Å²) < 4.78 is 41.5. The van der Waals surface area contributed by atoms with Crippen LogP contribution < -0.4 is 9.80 Å². The molecule has 2 amide bonds. The highest BCUT2D eigenvalue weighted by Gasteiger charge is 2.69. The lowest BCUT2D eigenvalue weighted by Crippen LogP contribution is -2.54. The number of carbonyl (C=O) groups is 2. The Balaban J connectivity index is 1.72. The molecule has 2 aliphatic heterocycles. The van der Waals surface area contributed by atoms with Crippen LogP contribution in [-0.4, -0.2) is 26.0 Å². The zero-order chi connectivity index (χ0) is 23.4. The molecule has 0 aliphatic carbocycles. The van der Waals surface area contributed by atoms with Crippen molar-refractivity contribution in [1.82, 2.24) is 0 Å². The van der Waals surface area contributed by atoms with Gasteiger partial charge in [0, 0.05) is 16.8 Å². The molecule has 0 saturated carbocycles. The minimum Gasteiger partial charge on any atom is -0.304 e. The molecule has 5 rings (SSSR count). The van der Waals surface area contributed by atoms with Crippen LogP contribution in [0.25, 0.3) is 0 Å². The van der Waals surface area contributed by atoms with E-state index in [1.807, 2.05) is 19.1 Å². The molecule has 8 heteroatoms. The molecular formula is C25H21FN2O4S. The number of amides is 2. The van der Waals surface area contributed by atoms with E-state index in [1.165, 1.54) is 11.0 Å². The van der Waals surface area contributed by atoms with Gasteiger partial charge >= 0.3 is 0 Å². The van der Waals surface area contributed by atoms with Gasteiger partial charge in [0.1, 0.15) is 11.6 Å². The molecule has 2 aliphatic rings. The molecule has 1 fully saturated rings. The van der Waals surface area contributed by atoms with E-state index in [4.69, 9.17) is 0 Å². The van der Waals surface area contributed by atoms with E-state index in [0.717, 1.165) is 16.9 Å². The number of benzene rings is 3. The molecular weight excluding hydrogens is 443 g/mol. The van der Waals surface area contributed by atoms with Crippen LogP contribution in [0.3, 0.4) is 0 Å². The fraction of sp³-hybridized carbons (Fsp3) is 0.200. The van der Waals surface area contributed by atoms with E-state index in [1.54, 1.807) is 54.6 Å². The lowest BCUT2D eigenvalue weighted by atomic mass is 10.0. The normalized spacial score (nSPS) is 21.2. The number of sulfone groups is 1. The fourth-order valence-corrected chi connectivity index (χ4v) is 6.76. The molecule has 3 aromatic carbocycles. The number of rotatable bonds is 4. The van der Waals surface area contributed by atoms with E-state index in [9.17, 15) is 22.4 Å². The first-order valence-corrected chi connectivity index (χ1v) is 12.3. The number of nitrogens with zero attached hydrogens (tertiary/aromatic N) is 2. The van der Waals surface area contributed by atoms with E-state index in [2.05, 4.69) is 0 Å². The number of hydrogen-bond donors (Lipinski definition) is 0. The van der Waals surface area contributed by atoms with Crippen LogP contribution in [0.1, 0.15) is 23.6 Å². The smallest absolute Gasteiger partial charge is 0.274 e. The summed E-state index contributed by atoms with van der Waals surface area (Å²) in [6.07, 6.45) is 0.774. The maximum Gasteiger partial charge on any atom is 0.274 e. The quantitative estimate of drug-likeness (QED) is 0.592. The van der Waals surface area contributed by atoms with Crippen LogP contribution in [0.5, 0.6) is 0 Å². The van der Waals surface area contributed by atoms with Crippen LogP contribution >= 0.6 is 0 Å². The van der Waals surface area contributed by atoms with Gasteiger partial charge in [0.15, 0.2) is 9.84 Å². The van der Waals surface area contributed by atoms with Gasteiger partial charge in [0.25, 0.3) is 10.8 Å². The summed E-state index contributed by atoms with van der Waals surface area (Å²) in [5.41, 5.74) is 2.14. The van der Waals surface area contributed by atoms with Gasteiger partial charge in [0.2, 0.25) is 5.91 Å². The molecule has 6 nitrogen and oxygen atoms in total. The Morgan fingerprint density at radius 2 is 1.61 bits per heavy atom. The van der Waals surface area contributed by atoms with Crippen molar-refractivity contribution in [3.8, 4) is 0 Å². The van der Waals surface area contributed by atoms with Gasteiger partial charge < -0.3 is 4.90 Å². The molecule has 1 spiro atoms. The molecule has 0 bridgehead atoms. The summed E-state index contributed by atoms with van der Waals surface area (Å²) in [4.78, 5) is 27.2. The lowest BCUT2D eigenvalue weighted by molar-refractivity contribution is -0.123.